The van der Waals surface area contributed by atoms with Gasteiger partial charge in [0.15, 0.2) is 11.4 Å². The van der Waals surface area contributed by atoms with Crippen molar-refractivity contribution in [2.75, 3.05) is 5.32 Å². The number of carbonyl (C=O) groups is 1. The van der Waals surface area contributed by atoms with Crippen molar-refractivity contribution in [2.45, 2.75) is 38.1 Å². The molecule has 0 bridgehead atoms. The lowest BCUT2D eigenvalue weighted by Gasteiger charge is -2.12. The third kappa shape index (κ3) is 4.15. The molecule has 2 atom stereocenters. The third-order valence-corrected chi connectivity index (χ3v) is 5.79. The van der Waals surface area contributed by atoms with Crippen LogP contribution in [-0.2, 0) is 0 Å². The highest BCUT2D eigenvalue weighted by atomic mass is 35.5. The summed E-state index contributed by atoms with van der Waals surface area (Å²) >= 11 is 12.0. The number of Topliss-reactive ketones (excluding diaryl/α,β-unsaturated/α-hetero) is 1. The minimum atomic E-state index is -0.556. The van der Waals surface area contributed by atoms with Crippen LogP contribution in [0, 0.1) is 11.7 Å². The van der Waals surface area contributed by atoms with E-state index in [1.807, 2.05) is 6.07 Å². The smallest absolute Gasteiger partial charge is 0.295 e. The number of ketones is 1. The molecule has 0 radical (unpaired) electrons. The minimum absolute atomic E-state index is 0.00183. The third-order valence-electron chi connectivity index (χ3n) is 5.24. The summed E-state index contributed by atoms with van der Waals surface area (Å²) in [5.41, 5.74) is 1.41. The molecule has 1 fully saturated rings. The Labute approximate surface area is 172 Å². The van der Waals surface area contributed by atoms with E-state index in [9.17, 15) is 9.18 Å². The number of fused-ring (bicyclic) bond motifs is 1. The Hall–Kier alpha value is -2.11. The van der Waals surface area contributed by atoms with Crippen LogP contribution < -0.4 is 5.32 Å². The number of aromatic nitrogens is 1. The average Bonchev–Trinajstić information content (AvgIpc) is 3.26. The molecule has 4 nitrogen and oxygen atoms in total. The zero-order valence-electron chi connectivity index (χ0n) is 15.1. The fourth-order valence-electron chi connectivity index (χ4n) is 3.83. The topological polar surface area (TPSA) is 55.1 Å². The molecule has 28 heavy (non-hydrogen) atoms. The van der Waals surface area contributed by atoms with Gasteiger partial charge in [-0.2, -0.15) is 4.98 Å². The van der Waals surface area contributed by atoms with Gasteiger partial charge in [-0.25, -0.2) is 4.39 Å². The monoisotopic (exact) mass is 420 g/mol. The van der Waals surface area contributed by atoms with Gasteiger partial charge in [-0.1, -0.05) is 29.3 Å². The Morgan fingerprint density at radius 3 is 2.93 bits per heavy atom. The number of hydrogen-bond donors (Lipinski definition) is 1. The molecule has 1 aliphatic rings. The minimum Gasteiger partial charge on any atom is -0.423 e. The highest BCUT2D eigenvalue weighted by molar-refractivity contribution is 6.34. The van der Waals surface area contributed by atoms with E-state index in [-0.39, 0.29) is 22.4 Å². The van der Waals surface area contributed by atoms with Crippen LogP contribution in [0.25, 0.3) is 11.1 Å². The maximum atomic E-state index is 13.9. The fourth-order valence-corrected chi connectivity index (χ4v) is 4.26. The van der Waals surface area contributed by atoms with Crippen LogP contribution in [-0.4, -0.2) is 16.8 Å². The van der Waals surface area contributed by atoms with Gasteiger partial charge in [-0.05, 0) is 55.9 Å². The quantitative estimate of drug-likeness (QED) is 0.461. The number of oxazole rings is 1. The van der Waals surface area contributed by atoms with E-state index in [0.717, 1.165) is 24.8 Å². The number of hydrogen-bond acceptors (Lipinski definition) is 4. The Balaban J connectivity index is 1.32. The second kappa shape index (κ2) is 8.10. The molecule has 0 amide bonds. The predicted molar refractivity (Wildman–Crippen MR) is 109 cm³/mol. The highest BCUT2D eigenvalue weighted by Crippen LogP contribution is 2.33. The summed E-state index contributed by atoms with van der Waals surface area (Å²) in [6, 6.07) is 10.4. The van der Waals surface area contributed by atoms with Crippen molar-refractivity contribution < 1.29 is 13.6 Å². The number of benzene rings is 2. The number of nitrogens with one attached hydrogen (secondary N) is 1. The van der Waals surface area contributed by atoms with Crippen molar-refractivity contribution in [3.63, 3.8) is 0 Å². The van der Waals surface area contributed by atoms with E-state index in [0.29, 0.717) is 35.4 Å². The zero-order chi connectivity index (χ0) is 19.7. The Kier molecular flexibility index (Phi) is 5.56. The van der Waals surface area contributed by atoms with E-state index in [1.54, 1.807) is 18.2 Å². The molecule has 0 saturated heterocycles. The number of rotatable bonds is 6. The summed E-state index contributed by atoms with van der Waals surface area (Å²) in [5.74, 6) is -0.402. The molecule has 0 aliphatic heterocycles. The van der Waals surface area contributed by atoms with E-state index in [1.165, 1.54) is 12.1 Å². The van der Waals surface area contributed by atoms with Gasteiger partial charge in [-0.3, -0.25) is 4.79 Å². The lowest BCUT2D eigenvalue weighted by Crippen LogP contribution is -2.16. The van der Waals surface area contributed by atoms with E-state index in [4.69, 9.17) is 27.6 Å². The molecule has 1 N–H and O–H groups in total. The zero-order valence-corrected chi connectivity index (χ0v) is 16.6. The maximum absolute atomic E-state index is 13.9. The first-order valence-corrected chi connectivity index (χ1v) is 10.0. The standard InChI is InChI=1S/C21H19Cl2FN2O2/c22-13-6-8-17-19(11-13)28-21(26-17)25-14-7-4-12(10-14)5-9-18(27)20-15(23)2-1-3-16(20)24/h1-3,6,8,11-12,14H,4-5,7,9-10H2,(H,25,26)/t12?,14-/m1/s1. The molecule has 3 aromatic rings. The van der Waals surface area contributed by atoms with E-state index < -0.39 is 5.82 Å². The molecule has 1 aromatic heterocycles. The summed E-state index contributed by atoms with van der Waals surface area (Å²) in [6.45, 7) is 0. The number of nitrogens with zero attached hydrogens (tertiary/aromatic N) is 1. The number of anilines is 1. The summed E-state index contributed by atoms with van der Waals surface area (Å²) in [7, 11) is 0. The Morgan fingerprint density at radius 1 is 1.25 bits per heavy atom. The first-order valence-electron chi connectivity index (χ1n) is 9.29. The van der Waals surface area contributed by atoms with Gasteiger partial charge in [0.05, 0.1) is 10.6 Å². The van der Waals surface area contributed by atoms with Crippen molar-refractivity contribution in [1.29, 1.82) is 0 Å². The second-order valence-electron chi connectivity index (χ2n) is 7.21. The molecule has 146 valence electrons. The Morgan fingerprint density at radius 2 is 2.11 bits per heavy atom. The molecule has 1 saturated carbocycles. The van der Waals surface area contributed by atoms with Crippen LogP contribution >= 0.6 is 23.2 Å². The molecule has 1 unspecified atom stereocenters. The SMILES string of the molecule is O=C(CCC1CC[C@@H](Nc2nc3ccc(Cl)cc3o2)C1)c1c(F)cccc1Cl. The molecule has 1 aliphatic carbocycles. The summed E-state index contributed by atoms with van der Waals surface area (Å²) in [4.78, 5) is 16.8. The van der Waals surface area contributed by atoms with Gasteiger partial charge in [0.25, 0.3) is 6.01 Å². The van der Waals surface area contributed by atoms with Gasteiger partial charge in [0.2, 0.25) is 0 Å². The van der Waals surface area contributed by atoms with Crippen LogP contribution in [0.2, 0.25) is 10.0 Å². The average molecular weight is 421 g/mol. The van der Waals surface area contributed by atoms with Crippen LogP contribution in [0.3, 0.4) is 0 Å². The summed E-state index contributed by atoms with van der Waals surface area (Å²) in [6.07, 6.45) is 3.89. The molecule has 2 aromatic carbocycles. The number of halogens is 3. The Bertz CT molecular complexity index is 1000. The van der Waals surface area contributed by atoms with Gasteiger partial charge in [0, 0.05) is 23.6 Å². The normalized spacial score (nSPS) is 19.2. The molecule has 7 heteroatoms. The molecular weight excluding hydrogens is 402 g/mol. The van der Waals surface area contributed by atoms with Crippen LogP contribution in [0.5, 0.6) is 0 Å². The van der Waals surface area contributed by atoms with Gasteiger partial charge < -0.3 is 9.73 Å². The summed E-state index contributed by atoms with van der Waals surface area (Å²) < 4.78 is 19.6. The fraction of sp³-hybridized carbons (Fsp3) is 0.333. The molecular formula is C21H19Cl2FN2O2. The first kappa shape index (κ1) is 19.2. The van der Waals surface area contributed by atoms with Gasteiger partial charge >= 0.3 is 0 Å². The van der Waals surface area contributed by atoms with Crippen molar-refractivity contribution >= 4 is 46.1 Å². The van der Waals surface area contributed by atoms with E-state index >= 15 is 0 Å². The van der Waals surface area contributed by atoms with Gasteiger partial charge in [-0.15, -0.1) is 0 Å². The van der Waals surface area contributed by atoms with Crippen LogP contribution in [0.1, 0.15) is 42.5 Å². The molecule has 1 heterocycles. The van der Waals surface area contributed by atoms with Crippen molar-refractivity contribution in [2.24, 2.45) is 5.92 Å². The first-order chi connectivity index (χ1) is 13.5. The molecule has 0 spiro atoms. The van der Waals surface area contributed by atoms with Crippen LogP contribution in [0.15, 0.2) is 40.8 Å². The van der Waals surface area contributed by atoms with Crippen molar-refractivity contribution in [1.82, 2.24) is 4.98 Å². The van der Waals surface area contributed by atoms with Crippen molar-refractivity contribution in [3.05, 3.63) is 57.8 Å². The van der Waals surface area contributed by atoms with Crippen molar-refractivity contribution in [3.8, 4) is 0 Å². The second-order valence-corrected chi connectivity index (χ2v) is 8.05. The predicted octanol–water partition coefficient (Wildman–Crippen LogP) is 6.52. The largest absolute Gasteiger partial charge is 0.423 e. The number of carbonyl (C=O) groups excluding carboxylic acids is 1. The summed E-state index contributed by atoms with van der Waals surface area (Å²) in [5, 5.41) is 4.11. The lowest BCUT2D eigenvalue weighted by molar-refractivity contribution is 0.0970. The molecule has 4 rings (SSSR count). The van der Waals surface area contributed by atoms with E-state index in [2.05, 4.69) is 10.3 Å². The highest BCUT2D eigenvalue weighted by Gasteiger charge is 2.27. The maximum Gasteiger partial charge on any atom is 0.295 e. The van der Waals surface area contributed by atoms with Crippen LogP contribution in [0.4, 0.5) is 10.4 Å². The lowest BCUT2D eigenvalue weighted by atomic mass is 9.97. The van der Waals surface area contributed by atoms with Gasteiger partial charge in [0.1, 0.15) is 11.3 Å².